The minimum absolute atomic E-state index is 0.188. The number of amides is 1. The fraction of sp³-hybridized carbons (Fsp3) is 0.692. The number of carbonyl (C=O) groups excluding carboxylic acids is 1. The van der Waals surface area contributed by atoms with Crippen molar-refractivity contribution in [3.05, 3.63) is 17.5 Å². The molecule has 2 rings (SSSR count). The topological polar surface area (TPSA) is 58.4 Å². The highest BCUT2D eigenvalue weighted by Crippen LogP contribution is 2.26. The maximum atomic E-state index is 11.5. The predicted octanol–water partition coefficient (Wildman–Crippen LogP) is 1.08. The summed E-state index contributed by atoms with van der Waals surface area (Å²) in [6.45, 7) is 7.26. The fourth-order valence-electron chi connectivity index (χ4n) is 2.53. The van der Waals surface area contributed by atoms with Crippen molar-refractivity contribution in [3.8, 4) is 0 Å². The van der Waals surface area contributed by atoms with Gasteiger partial charge >= 0.3 is 0 Å². The van der Waals surface area contributed by atoms with Gasteiger partial charge in [0, 0.05) is 18.8 Å². The van der Waals surface area contributed by atoms with Gasteiger partial charge in [-0.25, -0.2) is 0 Å². The molecule has 1 unspecified atom stereocenters. The molecule has 1 amide bonds. The molecule has 1 aliphatic rings. The minimum atomic E-state index is -0.401. The first kappa shape index (κ1) is 13.1. The Kier molecular flexibility index (Phi) is 3.71. The van der Waals surface area contributed by atoms with E-state index in [1.807, 2.05) is 6.92 Å². The average molecular weight is 251 g/mol. The highest BCUT2D eigenvalue weighted by Gasteiger charge is 2.29. The number of aliphatic hydroxyl groups excluding tert-OH is 1. The maximum absolute atomic E-state index is 11.5. The van der Waals surface area contributed by atoms with Crippen molar-refractivity contribution in [2.45, 2.75) is 39.2 Å². The van der Waals surface area contributed by atoms with Crippen molar-refractivity contribution in [2.75, 3.05) is 19.7 Å². The molecule has 1 aromatic heterocycles. The van der Waals surface area contributed by atoms with Gasteiger partial charge in [-0.05, 0) is 25.3 Å². The largest absolute Gasteiger partial charge is 0.387 e. The van der Waals surface area contributed by atoms with Gasteiger partial charge in [-0.1, -0.05) is 13.8 Å². The van der Waals surface area contributed by atoms with E-state index in [0.29, 0.717) is 19.0 Å². The summed E-state index contributed by atoms with van der Waals surface area (Å²) in [6, 6.07) is 2.35. The quantitative estimate of drug-likeness (QED) is 0.874. The fourth-order valence-corrected chi connectivity index (χ4v) is 2.53. The molecule has 0 spiro atoms. The van der Waals surface area contributed by atoms with Crippen LogP contribution in [0, 0.1) is 6.92 Å². The first-order valence-corrected chi connectivity index (χ1v) is 6.47. The summed E-state index contributed by atoms with van der Waals surface area (Å²) in [7, 11) is 0. The lowest BCUT2D eigenvalue weighted by Crippen LogP contribution is -2.31. The van der Waals surface area contributed by atoms with Crippen molar-refractivity contribution in [1.29, 1.82) is 0 Å². The number of rotatable bonds is 3. The van der Waals surface area contributed by atoms with Crippen LogP contribution in [0.5, 0.6) is 0 Å². The molecular weight excluding hydrogens is 230 g/mol. The van der Waals surface area contributed by atoms with Crippen LogP contribution in [0.2, 0.25) is 0 Å². The first-order chi connectivity index (χ1) is 8.52. The molecule has 2 heterocycles. The lowest BCUT2D eigenvalue weighted by atomic mass is 10.1. The number of carbonyl (C=O) groups is 1. The van der Waals surface area contributed by atoms with Gasteiger partial charge in [0.05, 0.1) is 11.7 Å². The number of aryl methyl sites for hydroxylation is 1. The number of hydrogen-bond acceptors (Lipinski definition) is 3. The van der Waals surface area contributed by atoms with Crippen molar-refractivity contribution in [1.82, 2.24) is 14.7 Å². The van der Waals surface area contributed by atoms with Crippen molar-refractivity contribution >= 4 is 5.91 Å². The Morgan fingerprint density at radius 3 is 2.94 bits per heavy atom. The van der Waals surface area contributed by atoms with E-state index >= 15 is 0 Å². The van der Waals surface area contributed by atoms with Crippen molar-refractivity contribution in [2.24, 2.45) is 0 Å². The van der Waals surface area contributed by atoms with E-state index in [1.165, 1.54) is 5.69 Å². The molecule has 5 heteroatoms. The number of likely N-dealkylation sites (tertiary alicyclic amines) is 1. The molecule has 0 radical (unpaired) electrons. The average Bonchev–Trinajstić information content (AvgIpc) is 2.93. The lowest BCUT2D eigenvalue weighted by molar-refractivity contribution is -0.133. The predicted molar refractivity (Wildman–Crippen MR) is 68.4 cm³/mol. The number of hydrogen-bond donors (Lipinski definition) is 1. The van der Waals surface area contributed by atoms with Gasteiger partial charge < -0.3 is 10.0 Å². The number of aromatic nitrogens is 2. The third kappa shape index (κ3) is 2.41. The summed E-state index contributed by atoms with van der Waals surface area (Å²) in [5.41, 5.74) is 2.24. The molecular formula is C13H21N3O2. The van der Waals surface area contributed by atoms with Crippen LogP contribution in [-0.4, -0.2) is 45.4 Å². The van der Waals surface area contributed by atoms with E-state index in [4.69, 9.17) is 5.11 Å². The highest BCUT2D eigenvalue weighted by molar-refractivity contribution is 5.77. The zero-order valence-corrected chi connectivity index (χ0v) is 11.3. The van der Waals surface area contributed by atoms with Gasteiger partial charge in [-0.2, -0.15) is 5.10 Å². The molecule has 0 aromatic carbocycles. The van der Waals surface area contributed by atoms with E-state index in [0.717, 1.165) is 12.1 Å². The minimum Gasteiger partial charge on any atom is -0.387 e. The summed E-state index contributed by atoms with van der Waals surface area (Å²) < 4.78 is 2.06. The number of nitrogens with zero attached hydrogens (tertiary/aromatic N) is 3. The molecule has 5 nitrogen and oxygen atoms in total. The van der Waals surface area contributed by atoms with Gasteiger partial charge in [0.2, 0.25) is 5.91 Å². The summed E-state index contributed by atoms with van der Waals surface area (Å²) >= 11 is 0. The summed E-state index contributed by atoms with van der Waals surface area (Å²) in [4.78, 5) is 13.2. The van der Waals surface area contributed by atoms with Gasteiger partial charge in [-0.3, -0.25) is 9.48 Å². The van der Waals surface area contributed by atoms with Crippen LogP contribution in [0.3, 0.4) is 0 Å². The zero-order chi connectivity index (χ0) is 13.3. The van der Waals surface area contributed by atoms with Gasteiger partial charge in [0.25, 0.3) is 0 Å². The van der Waals surface area contributed by atoms with Gasteiger partial charge in [0.15, 0.2) is 0 Å². The Balaban J connectivity index is 2.16. The van der Waals surface area contributed by atoms with Crippen LogP contribution in [0.4, 0.5) is 0 Å². The van der Waals surface area contributed by atoms with Crippen LogP contribution in [-0.2, 0) is 4.79 Å². The SMILES string of the molecule is Cc1cc(C(C)C)n(C2CCN(C(=O)CO)C2)n1. The van der Waals surface area contributed by atoms with Gasteiger partial charge in [0.1, 0.15) is 6.61 Å². The van der Waals surface area contributed by atoms with E-state index in [9.17, 15) is 4.79 Å². The third-order valence-corrected chi connectivity index (χ3v) is 3.48. The van der Waals surface area contributed by atoms with Crippen LogP contribution in [0.25, 0.3) is 0 Å². The van der Waals surface area contributed by atoms with E-state index < -0.39 is 6.61 Å². The number of aliphatic hydroxyl groups is 1. The second kappa shape index (κ2) is 5.10. The first-order valence-electron chi connectivity index (χ1n) is 6.47. The molecule has 0 saturated carbocycles. The van der Waals surface area contributed by atoms with E-state index in [-0.39, 0.29) is 11.9 Å². The second-order valence-corrected chi connectivity index (χ2v) is 5.25. The molecule has 18 heavy (non-hydrogen) atoms. The Hall–Kier alpha value is -1.36. The molecule has 1 fully saturated rings. The van der Waals surface area contributed by atoms with Gasteiger partial charge in [-0.15, -0.1) is 0 Å². The molecule has 100 valence electrons. The van der Waals surface area contributed by atoms with Crippen LogP contribution >= 0.6 is 0 Å². The van der Waals surface area contributed by atoms with Crippen molar-refractivity contribution < 1.29 is 9.90 Å². The molecule has 1 atom stereocenters. The maximum Gasteiger partial charge on any atom is 0.248 e. The van der Waals surface area contributed by atoms with E-state index in [2.05, 4.69) is 29.7 Å². The Labute approximate surface area is 107 Å². The molecule has 1 saturated heterocycles. The molecule has 0 bridgehead atoms. The smallest absolute Gasteiger partial charge is 0.248 e. The second-order valence-electron chi connectivity index (χ2n) is 5.25. The summed E-state index contributed by atoms with van der Waals surface area (Å²) in [5.74, 6) is 0.237. The zero-order valence-electron chi connectivity index (χ0n) is 11.3. The molecule has 1 aromatic rings. The summed E-state index contributed by atoms with van der Waals surface area (Å²) in [6.07, 6.45) is 0.909. The van der Waals surface area contributed by atoms with Crippen LogP contribution in [0.1, 0.15) is 43.6 Å². The Morgan fingerprint density at radius 1 is 1.61 bits per heavy atom. The monoisotopic (exact) mass is 251 g/mol. The standard InChI is InChI=1S/C13H21N3O2/c1-9(2)12-6-10(3)14-16(12)11-4-5-15(7-11)13(18)8-17/h6,9,11,17H,4-5,7-8H2,1-3H3. The van der Waals surface area contributed by atoms with Crippen LogP contribution < -0.4 is 0 Å². The Bertz CT molecular complexity index is 439. The van der Waals surface area contributed by atoms with Crippen LogP contribution in [0.15, 0.2) is 6.07 Å². The molecule has 1 aliphatic heterocycles. The normalized spacial score (nSPS) is 19.8. The van der Waals surface area contributed by atoms with Crippen molar-refractivity contribution in [3.63, 3.8) is 0 Å². The molecule has 1 N–H and O–H groups in total. The highest BCUT2D eigenvalue weighted by atomic mass is 16.3. The lowest BCUT2D eigenvalue weighted by Gasteiger charge is -2.18. The van der Waals surface area contributed by atoms with E-state index in [1.54, 1.807) is 4.90 Å². The molecule has 0 aliphatic carbocycles. The Morgan fingerprint density at radius 2 is 2.33 bits per heavy atom. The third-order valence-electron chi connectivity index (χ3n) is 3.48. The summed E-state index contributed by atoms with van der Waals surface area (Å²) in [5, 5.41) is 13.4.